The summed E-state index contributed by atoms with van der Waals surface area (Å²) in [5, 5.41) is 4.04. The maximum absolute atomic E-state index is 11.9. The number of rotatable bonds is 2. The minimum absolute atomic E-state index is 0.285. The van der Waals surface area contributed by atoms with Crippen molar-refractivity contribution in [2.75, 3.05) is 12.8 Å². The Bertz CT molecular complexity index is 1040. The summed E-state index contributed by atoms with van der Waals surface area (Å²) < 4.78 is 6.32. The minimum atomic E-state index is -0.718. The highest BCUT2D eigenvalue weighted by atomic mass is 16.5. The first-order valence-corrected chi connectivity index (χ1v) is 8.01. The quantitative estimate of drug-likeness (QED) is 0.560. The molecule has 26 heavy (non-hydrogen) atoms. The van der Waals surface area contributed by atoms with E-state index in [9.17, 15) is 4.79 Å². The number of esters is 1. The van der Waals surface area contributed by atoms with Crippen LogP contribution in [-0.4, -0.2) is 32.7 Å². The number of aryl methyl sites for hydroxylation is 1. The maximum Gasteiger partial charge on any atom is 0.315 e. The molecule has 0 fully saturated rings. The third kappa shape index (κ3) is 2.97. The smallest absolute Gasteiger partial charge is 0.315 e. The zero-order valence-corrected chi connectivity index (χ0v) is 15.1. The topological polar surface area (TPSA) is 95.4 Å². The first-order valence-electron chi connectivity index (χ1n) is 8.01. The summed E-state index contributed by atoms with van der Waals surface area (Å²) in [4.78, 5) is 20.3. The standard InChI is InChI=1S/C19H19N5O2/c1-12-15(16(20)24-18(23-12)21-11-22-24)10-7-13-5-8-14(9-6-13)19(2,3)17(25)26-4/h5-6,8-9,11H,20H2,1-4H3. The molecule has 3 rings (SSSR count). The molecule has 2 heterocycles. The fraction of sp³-hybridized carbons (Fsp3) is 0.263. The van der Waals surface area contributed by atoms with Crippen LogP contribution in [0.25, 0.3) is 5.78 Å². The zero-order valence-electron chi connectivity index (χ0n) is 15.1. The van der Waals surface area contributed by atoms with E-state index in [0.29, 0.717) is 22.9 Å². The highest BCUT2D eigenvalue weighted by Gasteiger charge is 2.30. The molecule has 0 aliphatic carbocycles. The van der Waals surface area contributed by atoms with Gasteiger partial charge in [0.25, 0.3) is 5.78 Å². The summed E-state index contributed by atoms with van der Waals surface area (Å²) in [6, 6.07) is 7.46. The summed E-state index contributed by atoms with van der Waals surface area (Å²) in [6.45, 7) is 5.47. The molecule has 7 nitrogen and oxygen atoms in total. The van der Waals surface area contributed by atoms with Crippen LogP contribution < -0.4 is 5.73 Å². The number of hydrogen-bond donors (Lipinski definition) is 1. The average molecular weight is 349 g/mol. The summed E-state index contributed by atoms with van der Waals surface area (Å²) in [7, 11) is 1.39. The SMILES string of the molecule is COC(=O)C(C)(C)c1ccc(C#Cc2c(C)nc3ncnn3c2N)cc1. The lowest BCUT2D eigenvalue weighted by molar-refractivity contribution is -0.146. The Labute approximate surface area is 151 Å². The van der Waals surface area contributed by atoms with E-state index in [1.165, 1.54) is 18.0 Å². The fourth-order valence-corrected chi connectivity index (χ4v) is 2.61. The molecule has 3 aromatic rings. The predicted octanol–water partition coefficient (Wildman–Crippen LogP) is 1.87. The molecule has 0 aliphatic heterocycles. The first kappa shape index (κ1) is 17.4. The van der Waals surface area contributed by atoms with Crippen molar-refractivity contribution in [1.29, 1.82) is 0 Å². The van der Waals surface area contributed by atoms with Gasteiger partial charge in [-0.1, -0.05) is 24.0 Å². The number of carbonyl (C=O) groups excluding carboxylic acids is 1. The molecule has 0 unspecified atom stereocenters. The number of hydrogen-bond acceptors (Lipinski definition) is 6. The number of fused-ring (bicyclic) bond motifs is 1. The van der Waals surface area contributed by atoms with Crippen molar-refractivity contribution in [3.63, 3.8) is 0 Å². The Morgan fingerprint density at radius 2 is 1.92 bits per heavy atom. The molecule has 132 valence electrons. The van der Waals surface area contributed by atoms with Crippen molar-refractivity contribution in [3.05, 3.63) is 53.0 Å². The molecule has 0 saturated heterocycles. The average Bonchev–Trinajstić information content (AvgIpc) is 3.09. The number of nitrogens with two attached hydrogens (primary N) is 1. The van der Waals surface area contributed by atoms with Crippen LogP contribution in [0, 0.1) is 18.8 Å². The molecule has 7 heteroatoms. The highest BCUT2D eigenvalue weighted by molar-refractivity contribution is 5.82. The molecule has 0 saturated carbocycles. The predicted molar refractivity (Wildman–Crippen MR) is 97.4 cm³/mol. The normalized spacial score (nSPS) is 11.1. The Morgan fingerprint density at radius 3 is 2.58 bits per heavy atom. The third-order valence-electron chi connectivity index (χ3n) is 4.28. The van der Waals surface area contributed by atoms with Gasteiger partial charge in [-0.2, -0.15) is 14.6 Å². The Kier molecular flexibility index (Phi) is 4.34. The van der Waals surface area contributed by atoms with Crippen LogP contribution in [-0.2, 0) is 14.9 Å². The summed E-state index contributed by atoms with van der Waals surface area (Å²) in [6.07, 6.45) is 1.40. The van der Waals surface area contributed by atoms with Gasteiger partial charge in [0.15, 0.2) is 0 Å². The van der Waals surface area contributed by atoms with Gasteiger partial charge >= 0.3 is 5.97 Å². The van der Waals surface area contributed by atoms with Gasteiger partial charge in [0, 0.05) is 5.56 Å². The van der Waals surface area contributed by atoms with Crippen molar-refractivity contribution < 1.29 is 9.53 Å². The number of ether oxygens (including phenoxy) is 1. The number of anilines is 1. The van der Waals surface area contributed by atoms with Gasteiger partial charge in [-0.05, 0) is 38.5 Å². The van der Waals surface area contributed by atoms with Crippen LogP contribution in [0.3, 0.4) is 0 Å². The number of nitrogens with zero attached hydrogens (tertiary/aromatic N) is 4. The lowest BCUT2D eigenvalue weighted by Crippen LogP contribution is -2.30. The molecule has 2 N–H and O–H groups in total. The maximum atomic E-state index is 11.9. The van der Waals surface area contributed by atoms with E-state index >= 15 is 0 Å². The Morgan fingerprint density at radius 1 is 1.23 bits per heavy atom. The molecular weight excluding hydrogens is 330 g/mol. The van der Waals surface area contributed by atoms with Gasteiger partial charge in [-0.15, -0.1) is 0 Å². The van der Waals surface area contributed by atoms with Gasteiger partial charge in [-0.3, -0.25) is 4.79 Å². The largest absolute Gasteiger partial charge is 0.468 e. The minimum Gasteiger partial charge on any atom is -0.468 e. The van der Waals surface area contributed by atoms with Crippen molar-refractivity contribution in [2.45, 2.75) is 26.2 Å². The van der Waals surface area contributed by atoms with E-state index < -0.39 is 5.41 Å². The molecule has 0 bridgehead atoms. The zero-order chi connectivity index (χ0) is 18.9. The second-order valence-corrected chi connectivity index (χ2v) is 6.37. The number of methoxy groups -OCH3 is 1. The summed E-state index contributed by atoms with van der Waals surface area (Å²) in [5.41, 5.74) is 8.37. The van der Waals surface area contributed by atoms with E-state index in [4.69, 9.17) is 10.5 Å². The van der Waals surface area contributed by atoms with E-state index in [1.807, 2.05) is 45.0 Å². The van der Waals surface area contributed by atoms with Crippen molar-refractivity contribution in [1.82, 2.24) is 19.6 Å². The first-order chi connectivity index (χ1) is 12.3. The number of carbonyl (C=O) groups is 1. The number of benzene rings is 1. The van der Waals surface area contributed by atoms with Crippen LogP contribution >= 0.6 is 0 Å². The van der Waals surface area contributed by atoms with Crippen molar-refractivity contribution in [3.8, 4) is 11.8 Å². The fourth-order valence-electron chi connectivity index (χ4n) is 2.61. The lowest BCUT2D eigenvalue weighted by Gasteiger charge is -2.21. The van der Waals surface area contributed by atoms with Gasteiger partial charge in [0.1, 0.15) is 12.1 Å². The van der Waals surface area contributed by atoms with Crippen LogP contribution in [0.2, 0.25) is 0 Å². The van der Waals surface area contributed by atoms with Gasteiger partial charge in [0.05, 0.1) is 23.8 Å². The molecule has 0 spiro atoms. The molecule has 0 atom stereocenters. The number of nitrogen functional groups attached to an aromatic ring is 1. The van der Waals surface area contributed by atoms with Gasteiger partial charge in [0.2, 0.25) is 0 Å². The van der Waals surface area contributed by atoms with Crippen LogP contribution in [0.5, 0.6) is 0 Å². The molecule has 0 amide bonds. The van der Waals surface area contributed by atoms with E-state index in [0.717, 1.165) is 11.1 Å². The summed E-state index contributed by atoms with van der Waals surface area (Å²) in [5.74, 6) is 6.69. The number of aromatic nitrogens is 4. The second-order valence-electron chi connectivity index (χ2n) is 6.37. The van der Waals surface area contributed by atoms with E-state index in [-0.39, 0.29) is 5.97 Å². The van der Waals surface area contributed by atoms with Crippen LogP contribution in [0.15, 0.2) is 30.6 Å². The van der Waals surface area contributed by atoms with Crippen LogP contribution in [0.1, 0.15) is 36.2 Å². The van der Waals surface area contributed by atoms with Gasteiger partial charge in [-0.25, -0.2) is 4.98 Å². The molecule has 0 radical (unpaired) electrons. The van der Waals surface area contributed by atoms with E-state index in [2.05, 4.69) is 26.9 Å². The summed E-state index contributed by atoms with van der Waals surface area (Å²) >= 11 is 0. The molecule has 1 aromatic carbocycles. The second kappa shape index (κ2) is 6.48. The molecule has 0 aliphatic rings. The van der Waals surface area contributed by atoms with Gasteiger partial charge < -0.3 is 10.5 Å². The Balaban J connectivity index is 1.93. The highest BCUT2D eigenvalue weighted by Crippen LogP contribution is 2.24. The van der Waals surface area contributed by atoms with Crippen LogP contribution in [0.4, 0.5) is 5.82 Å². The van der Waals surface area contributed by atoms with Crippen molar-refractivity contribution in [2.24, 2.45) is 0 Å². The Hall–Kier alpha value is -3.40. The van der Waals surface area contributed by atoms with Crippen molar-refractivity contribution >= 4 is 17.6 Å². The lowest BCUT2D eigenvalue weighted by atomic mass is 9.84. The third-order valence-corrected chi connectivity index (χ3v) is 4.28. The molecule has 2 aromatic heterocycles. The molecular formula is C19H19N5O2. The monoisotopic (exact) mass is 349 g/mol. The van der Waals surface area contributed by atoms with E-state index in [1.54, 1.807) is 0 Å².